The molecule has 1 aromatic rings. The summed E-state index contributed by atoms with van der Waals surface area (Å²) in [6, 6.07) is 2.81. The Morgan fingerprint density at radius 1 is 1.29 bits per heavy atom. The van der Waals surface area contributed by atoms with Crippen LogP contribution in [0.5, 0.6) is 0 Å². The molecule has 4 heteroatoms. The van der Waals surface area contributed by atoms with E-state index in [-0.39, 0.29) is 0 Å². The summed E-state index contributed by atoms with van der Waals surface area (Å²) in [7, 11) is 0. The fraction of sp³-hybridized carbons (Fsp3) is 0.824. The van der Waals surface area contributed by atoms with Crippen LogP contribution in [0.15, 0.2) is 12.3 Å². The number of rotatable bonds is 5. The van der Waals surface area contributed by atoms with E-state index >= 15 is 0 Å². The fourth-order valence-electron chi connectivity index (χ4n) is 3.55. The van der Waals surface area contributed by atoms with E-state index in [1.165, 1.54) is 37.8 Å². The van der Waals surface area contributed by atoms with E-state index in [4.69, 9.17) is 9.84 Å². The van der Waals surface area contributed by atoms with Crippen LogP contribution in [0.25, 0.3) is 0 Å². The normalized spacial score (nSPS) is 23.3. The van der Waals surface area contributed by atoms with Crippen LogP contribution >= 0.6 is 0 Å². The van der Waals surface area contributed by atoms with Gasteiger partial charge in [0.05, 0.1) is 11.7 Å². The zero-order valence-corrected chi connectivity index (χ0v) is 13.3. The van der Waals surface area contributed by atoms with Gasteiger partial charge in [-0.05, 0) is 37.2 Å². The first-order chi connectivity index (χ1) is 10.3. The summed E-state index contributed by atoms with van der Waals surface area (Å²) < 4.78 is 7.66. The maximum Gasteiger partial charge on any atom is 0.0762 e. The topological polar surface area (TPSA) is 39.1 Å². The minimum Gasteiger partial charge on any atom is -0.381 e. The lowest BCUT2D eigenvalue weighted by atomic mass is 9.82. The van der Waals surface area contributed by atoms with E-state index in [1.54, 1.807) is 0 Å². The Morgan fingerprint density at radius 2 is 2.05 bits per heavy atom. The number of ether oxygens (including phenoxy) is 1. The highest BCUT2D eigenvalue weighted by Crippen LogP contribution is 2.29. The lowest BCUT2D eigenvalue weighted by Crippen LogP contribution is -2.36. The molecule has 1 aliphatic carbocycles. The largest absolute Gasteiger partial charge is 0.381 e. The number of hydrogen-bond acceptors (Lipinski definition) is 3. The summed E-state index contributed by atoms with van der Waals surface area (Å²) in [5.74, 6) is 0. The van der Waals surface area contributed by atoms with Crippen molar-refractivity contribution < 1.29 is 4.74 Å². The van der Waals surface area contributed by atoms with Gasteiger partial charge in [-0.2, -0.15) is 5.10 Å². The Balaban J connectivity index is 1.46. The molecule has 0 radical (unpaired) electrons. The third-order valence-electron chi connectivity index (χ3n) is 5.17. The summed E-state index contributed by atoms with van der Waals surface area (Å²) in [6.07, 6.45) is 11.2. The molecule has 1 saturated carbocycles. The van der Waals surface area contributed by atoms with E-state index in [0.717, 1.165) is 39.1 Å². The first-order valence-electron chi connectivity index (χ1n) is 8.58. The van der Waals surface area contributed by atoms with Crippen LogP contribution in [-0.2, 0) is 11.3 Å². The van der Waals surface area contributed by atoms with Crippen molar-refractivity contribution in [3.63, 3.8) is 0 Å². The van der Waals surface area contributed by atoms with Gasteiger partial charge >= 0.3 is 0 Å². The summed E-state index contributed by atoms with van der Waals surface area (Å²) in [4.78, 5) is 0. The van der Waals surface area contributed by atoms with Gasteiger partial charge in [0.25, 0.3) is 0 Å². The van der Waals surface area contributed by atoms with Crippen molar-refractivity contribution in [2.45, 2.75) is 64.5 Å². The van der Waals surface area contributed by atoms with E-state index in [2.05, 4.69) is 29.2 Å². The monoisotopic (exact) mass is 291 g/mol. The van der Waals surface area contributed by atoms with Gasteiger partial charge in [0, 0.05) is 32.5 Å². The highest BCUT2D eigenvalue weighted by atomic mass is 16.5. The molecule has 0 amide bonds. The Kier molecular flexibility index (Phi) is 4.96. The smallest absolute Gasteiger partial charge is 0.0762 e. The molecule has 1 saturated heterocycles. The minimum atomic E-state index is 0.393. The average Bonchev–Trinajstić information content (AvgIpc) is 2.98. The van der Waals surface area contributed by atoms with Gasteiger partial charge in [0.1, 0.15) is 0 Å². The van der Waals surface area contributed by atoms with Crippen molar-refractivity contribution in [3.8, 4) is 0 Å². The fourth-order valence-corrected chi connectivity index (χ4v) is 3.55. The summed E-state index contributed by atoms with van der Waals surface area (Å²) in [5.41, 5.74) is 1.57. The van der Waals surface area contributed by atoms with Crippen molar-refractivity contribution in [3.05, 3.63) is 18.0 Å². The zero-order chi connectivity index (χ0) is 14.5. The van der Waals surface area contributed by atoms with Crippen molar-refractivity contribution >= 4 is 0 Å². The number of aromatic nitrogens is 2. The van der Waals surface area contributed by atoms with Crippen LogP contribution < -0.4 is 5.32 Å². The SMILES string of the molecule is CC1(CNCc2ccn(C3CCCCC3)n2)CCOCC1. The molecule has 1 aliphatic heterocycles. The summed E-state index contributed by atoms with van der Waals surface area (Å²) >= 11 is 0. The van der Waals surface area contributed by atoms with Gasteiger partial charge in [0.15, 0.2) is 0 Å². The molecule has 1 aromatic heterocycles. The number of hydrogen-bond donors (Lipinski definition) is 1. The van der Waals surface area contributed by atoms with Crippen molar-refractivity contribution in [2.75, 3.05) is 19.8 Å². The Hall–Kier alpha value is -0.870. The lowest BCUT2D eigenvalue weighted by Gasteiger charge is -2.33. The number of nitrogens with zero attached hydrogens (tertiary/aromatic N) is 2. The van der Waals surface area contributed by atoms with Crippen LogP contribution in [0, 0.1) is 5.41 Å². The maximum absolute atomic E-state index is 5.46. The molecule has 2 fully saturated rings. The molecule has 2 heterocycles. The molecule has 1 N–H and O–H groups in total. The summed E-state index contributed by atoms with van der Waals surface area (Å²) in [6.45, 7) is 6.13. The third-order valence-corrected chi connectivity index (χ3v) is 5.17. The van der Waals surface area contributed by atoms with Crippen molar-refractivity contribution in [1.29, 1.82) is 0 Å². The molecule has 4 nitrogen and oxygen atoms in total. The highest BCUT2D eigenvalue weighted by Gasteiger charge is 2.26. The van der Waals surface area contributed by atoms with E-state index < -0.39 is 0 Å². The quantitative estimate of drug-likeness (QED) is 0.904. The molecule has 2 aliphatic rings. The van der Waals surface area contributed by atoms with Gasteiger partial charge in [-0.3, -0.25) is 4.68 Å². The second kappa shape index (κ2) is 6.93. The molecule has 21 heavy (non-hydrogen) atoms. The summed E-state index contributed by atoms with van der Waals surface area (Å²) in [5, 5.41) is 8.37. The van der Waals surface area contributed by atoms with Crippen LogP contribution in [0.4, 0.5) is 0 Å². The Bertz CT molecular complexity index is 431. The van der Waals surface area contributed by atoms with Gasteiger partial charge in [0.2, 0.25) is 0 Å². The molecule has 3 rings (SSSR count). The first-order valence-corrected chi connectivity index (χ1v) is 8.58. The standard InChI is InChI=1S/C17H29N3O/c1-17(8-11-21-12-9-17)14-18-13-15-7-10-20(19-15)16-5-3-2-4-6-16/h7,10,16,18H,2-6,8-9,11-14H2,1H3. The third kappa shape index (κ3) is 4.07. The zero-order valence-electron chi connectivity index (χ0n) is 13.3. The highest BCUT2D eigenvalue weighted by molar-refractivity contribution is 5.00. The Morgan fingerprint density at radius 3 is 2.81 bits per heavy atom. The van der Waals surface area contributed by atoms with E-state index in [1.807, 2.05) is 0 Å². The van der Waals surface area contributed by atoms with Crippen LogP contribution in [0.2, 0.25) is 0 Å². The molecule has 0 spiro atoms. The lowest BCUT2D eigenvalue weighted by molar-refractivity contribution is 0.0239. The van der Waals surface area contributed by atoms with E-state index in [9.17, 15) is 0 Å². The van der Waals surface area contributed by atoms with Gasteiger partial charge in [-0.15, -0.1) is 0 Å². The molecule has 0 atom stereocenters. The molecule has 0 aromatic carbocycles. The number of nitrogens with one attached hydrogen (secondary N) is 1. The maximum atomic E-state index is 5.46. The van der Waals surface area contributed by atoms with Crippen LogP contribution in [0.1, 0.15) is 63.6 Å². The average molecular weight is 291 g/mol. The van der Waals surface area contributed by atoms with Gasteiger partial charge in [-0.1, -0.05) is 26.2 Å². The van der Waals surface area contributed by atoms with Gasteiger partial charge < -0.3 is 10.1 Å². The molecule has 0 unspecified atom stereocenters. The Labute approximate surface area is 128 Å². The van der Waals surface area contributed by atoms with Crippen LogP contribution in [0.3, 0.4) is 0 Å². The molecule has 118 valence electrons. The van der Waals surface area contributed by atoms with Crippen molar-refractivity contribution in [2.24, 2.45) is 5.41 Å². The van der Waals surface area contributed by atoms with Gasteiger partial charge in [-0.25, -0.2) is 0 Å². The molecular weight excluding hydrogens is 262 g/mol. The second-order valence-corrected chi connectivity index (χ2v) is 7.11. The second-order valence-electron chi connectivity index (χ2n) is 7.11. The molecular formula is C17H29N3O. The predicted octanol–water partition coefficient (Wildman–Crippen LogP) is 3.29. The van der Waals surface area contributed by atoms with Crippen LogP contribution in [-0.4, -0.2) is 29.5 Å². The first kappa shape index (κ1) is 15.0. The molecule has 0 bridgehead atoms. The predicted molar refractivity (Wildman–Crippen MR) is 84.2 cm³/mol. The minimum absolute atomic E-state index is 0.393. The van der Waals surface area contributed by atoms with Crippen molar-refractivity contribution in [1.82, 2.24) is 15.1 Å². The van der Waals surface area contributed by atoms with E-state index in [0.29, 0.717) is 11.5 Å².